The third-order valence-electron chi connectivity index (χ3n) is 5.68. The molecule has 3 aromatic rings. The first-order valence-electron chi connectivity index (χ1n) is 11.2. The van der Waals surface area contributed by atoms with Crippen LogP contribution in [-0.2, 0) is 9.53 Å². The third kappa shape index (κ3) is 5.03. The molecule has 2 aromatic carbocycles. The van der Waals surface area contributed by atoms with Gasteiger partial charge in [-0.05, 0) is 47.7 Å². The molecule has 10 heteroatoms. The molecule has 1 aromatic heterocycles. The maximum Gasteiger partial charge on any atom is 0.434 e. The Labute approximate surface area is 213 Å². The Balaban J connectivity index is 1.99. The van der Waals surface area contributed by atoms with E-state index in [0.29, 0.717) is 16.5 Å². The van der Waals surface area contributed by atoms with E-state index in [9.17, 15) is 22.8 Å². The van der Waals surface area contributed by atoms with Gasteiger partial charge < -0.3 is 4.74 Å². The summed E-state index contributed by atoms with van der Waals surface area (Å²) >= 11 is 6.82. The summed E-state index contributed by atoms with van der Waals surface area (Å²) in [5.41, 5.74) is -0.580. The Morgan fingerprint density at radius 2 is 1.81 bits per heavy atom. The van der Waals surface area contributed by atoms with Crippen LogP contribution >= 0.6 is 22.9 Å². The van der Waals surface area contributed by atoms with Crippen LogP contribution in [0.25, 0.3) is 6.08 Å². The van der Waals surface area contributed by atoms with Crippen LogP contribution in [-0.4, -0.2) is 23.3 Å². The monoisotopic (exact) mass is 534 g/mol. The highest BCUT2D eigenvalue weighted by atomic mass is 35.5. The molecule has 0 saturated heterocycles. The second kappa shape index (κ2) is 10.1. The van der Waals surface area contributed by atoms with Crippen molar-refractivity contribution in [2.45, 2.75) is 38.9 Å². The van der Waals surface area contributed by atoms with Crippen LogP contribution in [0.5, 0.6) is 0 Å². The summed E-state index contributed by atoms with van der Waals surface area (Å²) in [6.07, 6.45) is -3.34. The lowest BCUT2D eigenvalue weighted by Gasteiger charge is -2.26. The first-order valence-corrected chi connectivity index (χ1v) is 12.4. The number of aromatic nitrogens is 1. The molecule has 0 saturated carbocycles. The van der Waals surface area contributed by atoms with Crippen molar-refractivity contribution in [2.75, 3.05) is 6.61 Å². The molecule has 0 N–H and O–H groups in total. The van der Waals surface area contributed by atoms with Crippen molar-refractivity contribution >= 4 is 35.0 Å². The molecule has 0 unspecified atom stereocenters. The van der Waals surface area contributed by atoms with E-state index in [-0.39, 0.29) is 21.5 Å². The fourth-order valence-electron chi connectivity index (χ4n) is 3.93. The van der Waals surface area contributed by atoms with Gasteiger partial charge in [-0.2, -0.15) is 13.2 Å². The molecule has 0 spiro atoms. The molecule has 2 heterocycles. The van der Waals surface area contributed by atoms with Gasteiger partial charge in [0.15, 0.2) is 10.5 Å². The van der Waals surface area contributed by atoms with Gasteiger partial charge in [-0.1, -0.05) is 73.2 Å². The zero-order chi connectivity index (χ0) is 26.2. The maximum absolute atomic E-state index is 14.1. The van der Waals surface area contributed by atoms with Gasteiger partial charge in [0.2, 0.25) is 0 Å². The molecular weight excluding hydrogens is 513 g/mol. The molecule has 1 aliphatic rings. The lowest BCUT2D eigenvalue weighted by molar-refractivity contribution is -0.140. The maximum atomic E-state index is 14.1. The first kappa shape index (κ1) is 25.9. The number of hydrogen-bond acceptors (Lipinski definition) is 5. The van der Waals surface area contributed by atoms with Gasteiger partial charge >= 0.3 is 12.1 Å². The molecule has 0 amide bonds. The number of alkyl halides is 3. The van der Waals surface area contributed by atoms with Gasteiger partial charge in [0.05, 0.1) is 22.8 Å². The molecule has 4 rings (SSSR count). The summed E-state index contributed by atoms with van der Waals surface area (Å²) < 4.78 is 48.6. The highest BCUT2D eigenvalue weighted by Crippen LogP contribution is 2.38. The van der Waals surface area contributed by atoms with Crippen LogP contribution in [0.15, 0.2) is 69.6 Å². The molecule has 0 aliphatic carbocycles. The molecule has 5 nitrogen and oxygen atoms in total. The smallest absolute Gasteiger partial charge is 0.434 e. The zero-order valence-corrected chi connectivity index (χ0v) is 21.2. The predicted molar refractivity (Wildman–Crippen MR) is 133 cm³/mol. The summed E-state index contributed by atoms with van der Waals surface area (Å²) in [5.74, 6) is -0.863. The normalized spacial score (nSPS) is 16.2. The molecule has 1 atom stereocenters. The minimum Gasteiger partial charge on any atom is -0.463 e. The Kier molecular flexibility index (Phi) is 7.24. The van der Waals surface area contributed by atoms with E-state index in [1.165, 1.54) is 31.2 Å². The van der Waals surface area contributed by atoms with E-state index in [0.717, 1.165) is 21.5 Å². The number of thiazole rings is 1. The third-order valence-corrected chi connectivity index (χ3v) is 6.92. The van der Waals surface area contributed by atoms with Gasteiger partial charge in [0.1, 0.15) is 0 Å². The van der Waals surface area contributed by atoms with Crippen LogP contribution in [0.1, 0.15) is 49.4 Å². The number of allylic oxidation sites excluding steroid dienone is 1. The summed E-state index contributed by atoms with van der Waals surface area (Å²) in [5, 5.41) is 0.355. The first-order chi connectivity index (χ1) is 17.0. The number of ether oxygens (including phenoxy) is 1. The van der Waals surface area contributed by atoms with Gasteiger partial charge in [-0.25, -0.2) is 9.79 Å². The van der Waals surface area contributed by atoms with Crippen LogP contribution in [0, 0.1) is 0 Å². The van der Waals surface area contributed by atoms with Crippen molar-refractivity contribution in [3.63, 3.8) is 0 Å². The van der Waals surface area contributed by atoms with Crippen LogP contribution < -0.4 is 14.9 Å². The minimum absolute atomic E-state index is 0.141. The van der Waals surface area contributed by atoms with Crippen molar-refractivity contribution < 1.29 is 22.7 Å². The molecule has 36 heavy (non-hydrogen) atoms. The standard InChI is InChI=1S/C26H22ClF3N2O3S/c1-4-35-24(34)20-21(17-9-11-18(27)12-10-17)32-23(33)19(36-25(32)31-22(20)26(28,29)30)13-15-5-7-16(8-6-15)14(2)3/h5-14,21H,4H2,1-3H3/b19-13-/t21-/m1/s1. The lowest BCUT2D eigenvalue weighted by atomic mass is 9.95. The molecule has 1 aliphatic heterocycles. The Hall–Kier alpha value is -3.17. The molecular formula is C26H22ClF3N2O3S. The van der Waals surface area contributed by atoms with E-state index in [4.69, 9.17) is 16.3 Å². The second-order valence-corrected chi connectivity index (χ2v) is 9.88. The number of rotatable bonds is 5. The fraction of sp³-hybridized carbons (Fsp3) is 0.269. The largest absolute Gasteiger partial charge is 0.463 e. The minimum atomic E-state index is -4.95. The topological polar surface area (TPSA) is 60.7 Å². The average molecular weight is 535 g/mol. The Morgan fingerprint density at radius 1 is 1.17 bits per heavy atom. The lowest BCUT2D eigenvalue weighted by Crippen LogP contribution is -2.41. The molecule has 188 valence electrons. The van der Waals surface area contributed by atoms with Gasteiger partial charge in [-0.15, -0.1) is 0 Å². The molecule has 0 bridgehead atoms. The molecule has 0 fully saturated rings. The van der Waals surface area contributed by atoms with E-state index in [1.54, 1.807) is 6.08 Å². The molecule has 0 radical (unpaired) electrons. The van der Waals surface area contributed by atoms with Crippen LogP contribution in [0.3, 0.4) is 0 Å². The highest BCUT2D eigenvalue weighted by Gasteiger charge is 2.45. The van der Waals surface area contributed by atoms with Gasteiger partial charge in [-0.3, -0.25) is 9.36 Å². The van der Waals surface area contributed by atoms with E-state index >= 15 is 0 Å². The predicted octanol–water partition coefficient (Wildman–Crippen LogP) is 5.12. The van der Waals surface area contributed by atoms with Gasteiger partial charge in [0.25, 0.3) is 5.56 Å². The number of nitrogens with zero attached hydrogens (tertiary/aromatic N) is 2. The number of benzene rings is 2. The van der Waals surface area contributed by atoms with Gasteiger partial charge in [0, 0.05) is 5.02 Å². The number of fused-ring (bicyclic) bond motifs is 1. The summed E-state index contributed by atoms with van der Waals surface area (Å²) in [6, 6.07) is 12.1. The second-order valence-electron chi connectivity index (χ2n) is 8.44. The average Bonchev–Trinajstić information content (AvgIpc) is 3.13. The van der Waals surface area contributed by atoms with Crippen molar-refractivity contribution in [3.8, 4) is 0 Å². The quantitative estimate of drug-likeness (QED) is 0.427. The van der Waals surface area contributed by atoms with Crippen LogP contribution in [0.2, 0.25) is 5.02 Å². The Bertz CT molecular complexity index is 1500. The fourth-order valence-corrected chi connectivity index (χ4v) is 5.06. The van der Waals surface area contributed by atoms with E-state index in [1.807, 2.05) is 24.3 Å². The summed E-state index contributed by atoms with van der Waals surface area (Å²) in [7, 11) is 0. The van der Waals surface area contributed by atoms with E-state index in [2.05, 4.69) is 18.8 Å². The SMILES string of the molecule is CCOC(=O)C1=C(C(F)(F)F)N=c2s/c(=C\c3ccc(C(C)C)cc3)c(=O)n2[C@@H]1c1ccc(Cl)cc1. The number of halogens is 4. The van der Waals surface area contributed by atoms with E-state index < -0.39 is 35.0 Å². The van der Waals surface area contributed by atoms with Crippen molar-refractivity contribution in [1.82, 2.24) is 4.57 Å². The summed E-state index contributed by atoms with van der Waals surface area (Å²) in [6.45, 7) is 5.47. The van der Waals surface area contributed by atoms with Crippen molar-refractivity contribution in [1.29, 1.82) is 0 Å². The number of carbonyl (C=O) groups excluding carboxylic acids is 1. The summed E-state index contributed by atoms with van der Waals surface area (Å²) in [4.78, 5) is 29.9. The van der Waals surface area contributed by atoms with Crippen molar-refractivity contribution in [3.05, 3.63) is 101 Å². The zero-order valence-electron chi connectivity index (χ0n) is 19.6. The van der Waals surface area contributed by atoms with Crippen LogP contribution in [0.4, 0.5) is 13.2 Å². The Morgan fingerprint density at radius 3 is 2.36 bits per heavy atom. The number of esters is 1. The number of carbonyl (C=O) groups is 1. The number of hydrogen-bond donors (Lipinski definition) is 0. The highest BCUT2D eigenvalue weighted by molar-refractivity contribution is 7.07. The van der Waals surface area contributed by atoms with Crippen molar-refractivity contribution in [2.24, 2.45) is 4.99 Å².